The zero-order chi connectivity index (χ0) is 30.3. The normalized spacial score (nSPS) is 13.7. The number of aliphatic hydroxyl groups excluding tert-OH is 1. The summed E-state index contributed by atoms with van der Waals surface area (Å²) >= 11 is 0. The lowest BCUT2D eigenvalue weighted by Crippen LogP contribution is -2.38. The number of nitrogens with one attached hydrogen (secondary N) is 1. The minimum atomic E-state index is -5.42. The molecule has 11 heteroatoms. The molecule has 0 aliphatic carbocycles. The summed E-state index contributed by atoms with van der Waals surface area (Å²) in [5.74, 6) is -3.94. The number of alkyl halides is 3. The van der Waals surface area contributed by atoms with Crippen LogP contribution in [0.3, 0.4) is 0 Å². The van der Waals surface area contributed by atoms with Crippen LogP contribution in [0.25, 0.3) is 11.0 Å². The maximum atomic E-state index is 14.0. The Labute approximate surface area is 233 Å². The molecular weight excluding hydrogens is 539 g/mol. The van der Waals surface area contributed by atoms with Gasteiger partial charge in [-0.25, -0.2) is 4.79 Å². The van der Waals surface area contributed by atoms with E-state index in [0.29, 0.717) is 5.52 Å². The molecule has 0 spiro atoms. The second kappa shape index (κ2) is 10.9. The molecule has 2 unspecified atom stereocenters. The number of aromatic nitrogens is 2. The zero-order valence-electron chi connectivity index (χ0n) is 22.9. The summed E-state index contributed by atoms with van der Waals surface area (Å²) in [6.07, 6.45) is -8.87. The zero-order valence-corrected chi connectivity index (χ0v) is 22.9. The van der Waals surface area contributed by atoms with Gasteiger partial charge >= 0.3 is 12.1 Å². The number of rotatable bonds is 7. The number of hydrogen-bond acceptors (Lipinski definition) is 6. The number of carbonyl (C=O) groups is 2. The summed E-state index contributed by atoms with van der Waals surface area (Å²) in [5, 5.41) is 30.0. The molecule has 4 rings (SSSR count). The number of phenols is 1. The largest absolute Gasteiger partial charge is 0.507 e. The molecule has 41 heavy (non-hydrogen) atoms. The number of fused-ring (bicyclic) bond motifs is 1. The average molecular weight is 570 g/mol. The van der Waals surface area contributed by atoms with Gasteiger partial charge in [0.25, 0.3) is 0 Å². The van der Waals surface area contributed by atoms with Crippen LogP contribution in [0.15, 0.2) is 66.7 Å². The topological polar surface area (TPSA) is 118 Å². The van der Waals surface area contributed by atoms with Crippen molar-refractivity contribution in [2.24, 2.45) is 0 Å². The van der Waals surface area contributed by atoms with E-state index in [1.807, 2.05) is 18.2 Å². The molecule has 8 nitrogen and oxygen atoms in total. The first-order valence-electron chi connectivity index (χ1n) is 12.8. The Bertz CT molecular complexity index is 1670. The van der Waals surface area contributed by atoms with Crippen LogP contribution in [0.4, 0.5) is 13.2 Å². The number of Topliss-reactive ketones (excluding diaryl/α,β-unsaturated/α-hetero) is 1. The number of para-hydroxylation sites is 2. The van der Waals surface area contributed by atoms with Crippen molar-refractivity contribution < 1.29 is 37.7 Å². The number of imidazole rings is 1. The lowest BCUT2D eigenvalue weighted by molar-refractivity contribution is -0.206. The predicted octanol–water partition coefficient (Wildman–Crippen LogP) is 5.51. The third kappa shape index (κ3) is 5.90. The highest BCUT2D eigenvalue weighted by Crippen LogP contribution is 2.38. The first kappa shape index (κ1) is 29.6. The van der Waals surface area contributed by atoms with Crippen LogP contribution in [-0.2, 0) is 21.5 Å². The van der Waals surface area contributed by atoms with Crippen molar-refractivity contribution in [1.29, 1.82) is 5.41 Å². The van der Waals surface area contributed by atoms with Crippen LogP contribution in [0.1, 0.15) is 67.1 Å². The van der Waals surface area contributed by atoms with Crippen LogP contribution in [-0.4, -0.2) is 37.3 Å². The number of nitrogens with zero attached hydrogens (tertiary/aromatic N) is 2. The summed E-state index contributed by atoms with van der Waals surface area (Å²) in [6.45, 7) is 6.76. The summed E-state index contributed by atoms with van der Waals surface area (Å²) < 4.78 is 47.5. The molecule has 1 heterocycles. The number of hydrogen-bond donors (Lipinski definition) is 3. The lowest BCUT2D eigenvalue weighted by Gasteiger charge is -2.25. The van der Waals surface area contributed by atoms with Crippen LogP contribution >= 0.6 is 0 Å². The molecule has 0 fully saturated rings. The van der Waals surface area contributed by atoms with Crippen molar-refractivity contribution in [2.45, 2.75) is 58.2 Å². The highest BCUT2D eigenvalue weighted by molar-refractivity contribution is 6.00. The number of esters is 1. The highest BCUT2D eigenvalue weighted by Gasteiger charge is 2.44. The number of halogens is 3. The van der Waals surface area contributed by atoms with Gasteiger partial charge in [-0.1, -0.05) is 63.2 Å². The Morgan fingerprint density at radius 2 is 1.56 bits per heavy atom. The average Bonchev–Trinajstić information content (AvgIpc) is 3.17. The van der Waals surface area contributed by atoms with E-state index in [4.69, 9.17) is 10.1 Å². The van der Waals surface area contributed by atoms with E-state index in [2.05, 4.69) is 0 Å². The number of phenolic OH excluding ortho intramolecular Hbond substituents is 1. The number of ketones is 1. The molecule has 1 aromatic heterocycles. The van der Waals surface area contributed by atoms with E-state index in [9.17, 15) is 33.0 Å². The predicted molar refractivity (Wildman–Crippen MR) is 144 cm³/mol. The fourth-order valence-corrected chi connectivity index (χ4v) is 4.64. The molecule has 0 amide bonds. The minimum absolute atomic E-state index is 0.0238. The molecule has 3 aromatic carbocycles. The van der Waals surface area contributed by atoms with Crippen LogP contribution in [0, 0.1) is 5.41 Å². The molecule has 0 bridgehead atoms. The van der Waals surface area contributed by atoms with Crippen molar-refractivity contribution >= 4 is 22.8 Å². The fourth-order valence-electron chi connectivity index (χ4n) is 4.64. The third-order valence-corrected chi connectivity index (χ3v) is 6.69. The molecule has 0 aliphatic rings. The number of ether oxygens (including phenoxy) is 1. The van der Waals surface area contributed by atoms with Gasteiger partial charge in [-0.15, -0.1) is 0 Å². The van der Waals surface area contributed by atoms with E-state index in [1.54, 1.807) is 51.1 Å². The second-order valence-corrected chi connectivity index (χ2v) is 10.8. The maximum absolute atomic E-state index is 14.0. The first-order valence-corrected chi connectivity index (χ1v) is 12.8. The van der Waals surface area contributed by atoms with Crippen molar-refractivity contribution in [3.05, 3.63) is 94.6 Å². The van der Waals surface area contributed by atoms with Gasteiger partial charge in [0.2, 0.25) is 17.6 Å². The third-order valence-electron chi connectivity index (χ3n) is 6.69. The van der Waals surface area contributed by atoms with E-state index < -0.39 is 35.7 Å². The summed E-state index contributed by atoms with van der Waals surface area (Å²) in [7, 11) is 0. The number of benzene rings is 3. The van der Waals surface area contributed by atoms with Gasteiger partial charge in [-0.3, -0.25) is 14.8 Å². The Morgan fingerprint density at radius 3 is 2.12 bits per heavy atom. The van der Waals surface area contributed by atoms with E-state index in [-0.39, 0.29) is 40.1 Å². The standard InChI is InChI=1S/C30H30F3N3O5/c1-17(37)20-14-19(15-21(25(20)39)29(2,3)4)24(38)26(41-27(40)30(31,32)33)36-23-13-9-8-12-22(23)35(28(36)34)16-18-10-6-5-7-11-18/h5-15,17,26,34,37,39H,16H2,1-4H3. The van der Waals surface area contributed by atoms with Gasteiger partial charge < -0.3 is 19.5 Å². The van der Waals surface area contributed by atoms with Gasteiger partial charge in [0.05, 0.1) is 23.7 Å². The van der Waals surface area contributed by atoms with Crippen LogP contribution in [0.5, 0.6) is 5.75 Å². The number of aliphatic hydroxyl groups is 1. The monoisotopic (exact) mass is 569 g/mol. The lowest BCUT2D eigenvalue weighted by atomic mass is 9.83. The Balaban J connectivity index is 1.97. The summed E-state index contributed by atoms with van der Waals surface area (Å²) in [4.78, 5) is 26.1. The number of aromatic hydroxyl groups is 1. The molecule has 216 valence electrons. The van der Waals surface area contributed by atoms with E-state index in [0.717, 1.165) is 16.2 Å². The van der Waals surface area contributed by atoms with Crippen molar-refractivity contribution in [2.75, 3.05) is 0 Å². The molecule has 2 atom stereocenters. The van der Waals surface area contributed by atoms with Gasteiger partial charge in [-0.2, -0.15) is 13.2 Å². The van der Waals surface area contributed by atoms with E-state index in [1.165, 1.54) is 23.6 Å². The summed E-state index contributed by atoms with van der Waals surface area (Å²) in [6, 6.07) is 17.9. The van der Waals surface area contributed by atoms with Crippen molar-refractivity contribution in [3.8, 4) is 5.75 Å². The Hall–Kier alpha value is -4.38. The van der Waals surface area contributed by atoms with Crippen molar-refractivity contribution in [3.63, 3.8) is 0 Å². The number of carbonyl (C=O) groups excluding carboxylic acids is 2. The quantitative estimate of drug-likeness (QED) is 0.200. The van der Waals surface area contributed by atoms with Crippen LogP contribution in [0.2, 0.25) is 0 Å². The molecule has 3 N–H and O–H groups in total. The van der Waals surface area contributed by atoms with E-state index >= 15 is 0 Å². The van der Waals surface area contributed by atoms with Gasteiger partial charge in [0.1, 0.15) is 5.75 Å². The SMILES string of the molecule is CC(O)c1cc(C(=O)C(OC(=O)C(F)(F)F)n2c(=N)n(Cc3ccccc3)c3ccccc32)cc(C(C)(C)C)c1O. The fraction of sp³-hybridized carbons (Fsp3) is 0.300. The summed E-state index contributed by atoms with van der Waals surface area (Å²) in [5.41, 5.74) is 0.303. The molecule has 4 aromatic rings. The highest BCUT2D eigenvalue weighted by atomic mass is 19.4. The molecule has 0 aliphatic heterocycles. The minimum Gasteiger partial charge on any atom is -0.507 e. The van der Waals surface area contributed by atoms with Gasteiger partial charge in [0, 0.05) is 16.7 Å². The van der Waals surface area contributed by atoms with Crippen molar-refractivity contribution in [1.82, 2.24) is 9.13 Å². The second-order valence-electron chi connectivity index (χ2n) is 10.8. The van der Waals surface area contributed by atoms with Crippen LogP contribution < -0.4 is 5.62 Å². The first-order chi connectivity index (χ1) is 19.1. The van der Waals surface area contributed by atoms with Gasteiger partial charge in [0.15, 0.2) is 0 Å². The maximum Gasteiger partial charge on any atom is 0.491 e. The molecule has 0 saturated carbocycles. The van der Waals surface area contributed by atoms with Gasteiger partial charge in [-0.05, 0) is 42.2 Å². The Morgan fingerprint density at radius 1 is 0.976 bits per heavy atom. The molecule has 0 radical (unpaired) electrons. The molecular formula is C30H30F3N3O5. The molecule has 0 saturated heterocycles. The smallest absolute Gasteiger partial charge is 0.491 e. The Kier molecular flexibility index (Phi) is 7.86.